The highest BCUT2D eigenvalue weighted by Gasteiger charge is 2.43. The SMILES string of the molecule is CCNC(=O)N1CCC[C@@](C)(CCOC(N)=O)[C@@H]1COC1CCC(c2ccccc2)CC1. The fourth-order valence-corrected chi connectivity index (χ4v) is 5.33. The van der Waals surface area contributed by atoms with Gasteiger partial charge in [-0.15, -0.1) is 0 Å². The number of amides is 3. The summed E-state index contributed by atoms with van der Waals surface area (Å²) in [7, 11) is 0. The topological polar surface area (TPSA) is 93.9 Å². The van der Waals surface area contributed by atoms with Crippen LogP contribution in [0, 0.1) is 5.41 Å². The molecule has 0 aromatic heterocycles. The summed E-state index contributed by atoms with van der Waals surface area (Å²) in [6, 6.07) is 10.6. The molecule has 2 fully saturated rings. The third-order valence-electron chi connectivity index (χ3n) is 7.27. The van der Waals surface area contributed by atoms with Gasteiger partial charge < -0.3 is 25.4 Å². The van der Waals surface area contributed by atoms with Gasteiger partial charge in [0.05, 0.1) is 25.4 Å². The highest BCUT2D eigenvalue weighted by molar-refractivity contribution is 5.74. The van der Waals surface area contributed by atoms with E-state index in [0.29, 0.717) is 32.0 Å². The molecule has 3 rings (SSSR count). The molecule has 7 nitrogen and oxygen atoms in total. The summed E-state index contributed by atoms with van der Waals surface area (Å²) in [5.41, 5.74) is 6.37. The summed E-state index contributed by atoms with van der Waals surface area (Å²) in [6.45, 7) is 6.17. The molecule has 0 spiro atoms. The molecule has 1 saturated heterocycles. The Hall–Kier alpha value is -2.28. The highest BCUT2D eigenvalue weighted by atomic mass is 16.5. The van der Waals surface area contributed by atoms with Crippen molar-refractivity contribution in [3.63, 3.8) is 0 Å². The third-order valence-corrected chi connectivity index (χ3v) is 7.27. The second-order valence-corrected chi connectivity index (χ2v) is 9.44. The number of benzene rings is 1. The molecule has 1 saturated carbocycles. The molecule has 7 heteroatoms. The third kappa shape index (κ3) is 6.37. The molecule has 1 aromatic carbocycles. The van der Waals surface area contributed by atoms with Crippen LogP contribution >= 0.6 is 0 Å². The average Bonchev–Trinajstić information content (AvgIpc) is 2.79. The van der Waals surface area contributed by atoms with Crippen molar-refractivity contribution in [2.75, 3.05) is 26.3 Å². The number of primary amides is 1. The quantitative estimate of drug-likeness (QED) is 0.619. The Bertz CT molecular complexity index is 736. The molecule has 1 aromatic rings. The normalized spacial score (nSPS) is 28.2. The van der Waals surface area contributed by atoms with E-state index in [1.165, 1.54) is 5.56 Å². The van der Waals surface area contributed by atoms with Gasteiger partial charge in [-0.2, -0.15) is 0 Å². The summed E-state index contributed by atoms with van der Waals surface area (Å²) < 4.78 is 11.5. The monoisotopic (exact) mass is 445 g/mol. The number of hydrogen-bond acceptors (Lipinski definition) is 4. The van der Waals surface area contributed by atoms with Crippen LogP contribution in [0.15, 0.2) is 30.3 Å². The van der Waals surface area contributed by atoms with Gasteiger partial charge in [0.15, 0.2) is 0 Å². The lowest BCUT2D eigenvalue weighted by molar-refractivity contribution is -0.0572. The Labute approximate surface area is 192 Å². The van der Waals surface area contributed by atoms with E-state index in [1.54, 1.807) is 0 Å². The van der Waals surface area contributed by atoms with Crippen molar-refractivity contribution in [3.8, 4) is 0 Å². The van der Waals surface area contributed by atoms with Crippen molar-refractivity contribution >= 4 is 12.1 Å². The zero-order valence-electron chi connectivity index (χ0n) is 19.6. The Kier molecular flexibility index (Phi) is 8.79. The van der Waals surface area contributed by atoms with E-state index in [4.69, 9.17) is 15.2 Å². The number of nitrogens with zero attached hydrogens (tertiary/aromatic N) is 1. The molecular formula is C25H39N3O4. The summed E-state index contributed by atoms with van der Waals surface area (Å²) in [4.78, 5) is 25.8. The lowest BCUT2D eigenvalue weighted by Crippen LogP contribution is -2.58. The summed E-state index contributed by atoms with van der Waals surface area (Å²) >= 11 is 0. The minimum Gasteiger partial charge on any atom is -0.450 e. The molecule has 0 unspecified atom stereocenters. The van der Waals surface area contributed by atoms with Gasteiger partial charge in [-0.25, -0.2) is 9.59 Å². The smallest absolute Gasteiger partial charge is 0.404 e. The van der Waals surface area contributed by atoms with Crippen molar-refractivity contribution in [1.82, 2.24) is 10.2 Å². The van der Waals surface area contributed by atoms with Gasteiger partial charge in [0.2, 0.25) is 0 Å². The highest BCUT2D eigenvalue weighted by Crippen LogP contribution is 2.40. The van der Waals surface area contributed by atoms with Gasteiger partial charge in [-0.05, 0) is 68.8 Å². The van der Waals surface area contributed by atoms with Crippen molar-refractivity contribution in [1.29, 1.82) is 0 Å². The van der Waals surface area contributed by atoms with E-state index in [2.05, 4.69) is 42.6 Å². The first kappa shape index (κ1) is 24.4. The maximum atomic E-state index is 12.8. The van der Waals surface area contributed by atoms with E-state index in [9.17, 15) is 9.59 Å². The van der Waals surface area contributed by atoms with Crippen LogP contribution in [0.25, 0.3) is 0 Å². The van der Waals surface area contributed by atoms with Gasteiger partial charge >= 0.3 is 12.1 Å². The molecule has 0 bridgehead atoms. The van der Waals surface area contributed by atoms with Gasteiger partial charge in [0.25, 0.3) is 0 Å². The maximum Gasteiger partial charge on any atom is 0.404 e. The molecule has 1 heterocycles. The van der Waals surface area contributed by atoms with Crippen molar-refractivity contribution in [2.45, 2.75) is 76.9 Å². The largest absolute Gasteiger partial charge is 0.450 e. The molecule has 3 amide bonds. The first-order valence-electron chi connectivity index (χ1n) is 12.1. The van der Waals surface area contributed by atoms with Gasteiger partial charge in [0, 0.05) is 13.1 Å². The van der Waals surface area contributed by atoms with Gasteiger partial charge in [0.1, 0.15) is 0 Å². The van der Waals surface area contributed by atoms with Crippen LogP contribution in [-0.4, -0.2) is 55.5 Å². The molecular weight excluding hydrogens is 406 g/mol. The Morgan fingerprint density at radius 2 is 1.91 bits per heavy atom. The van der Waals surface area contributed by atoms with Crippen LogP contribution in [0.2, 0.25) is 0 Å². The van der Waals surface area contributed by atoms with Crippen molar-refractivity contribution in [2.24, 2.45) is 11.1 Å². The second-order valence-electron chi connectivity index (χ2n) is 9.44. The summed E-state index contributed by atoms with van der Waals surface area (Å²) in [6.07, 6.45) is 6.33. The number of nitrogens with two attached hydrogens (primary N) is 1. The molecule has 0 radical (unpaired) electrons. The standard InChI is InChI=1S/C25H39N3O4/c1-3-27-24(30)28-16-7-14-25(2,15-17-31-23(26)29)22(28)18-32-21-12-10-20(11-13-21)19-8-5-4-6-9-19/h4-6,8-9,20-22H,3,7,10-18H2,1-2H3,(H2,26,29)(H,27,30)/t20?,21?,22-,25-/m0/s1. The minimum atomic E-state index is -0.757. The van der Waals surface area contributed by atoms with Crippen LogP contribution in [0.4, 0.5) is 9.59 Å². The van der Waals surface area contributed by atoms with E-state index in [1.807, 2.05) is 11.8 Å². The molecule has 1 aliphatic heterocycles. The van der Waals surface area contributed by atoms with Crippen LogP contribution < -0.4 is 11.1 Å². The van der Waals surface area contributed by atoms with Crippen LogP contribution in [0.3, 0.4) is 0 Å². The number of piperidine rings is 1. The molecule has 178 valence electrons. The number of carbonyl (C=O) groups excluding carboxylic acids is 2. The predicted octanol–water partition coefficient (Wildman–Crippen LogP) is 4.42. The fourth-order valence-electron chi connectivity index (χ4n) is 5.33. The van der Waals surface area contributed by atoms with E-state index >= 15 is 0 Å². The number of rotatable bonds is 8. The Morgan fingerprint density at radius 1 is 1.19 bits per heavy atom. The predicted molar refractivity (Wildman–Crippen MR) is 124 cm³/mol. The minimum absolute atomic E-state index is 0.0457. The zero-order chi connectivity index (χ0) is 23.0. The Balaban J connectivity index is 1.61. The van der Waals surface area contributed by atoms with Crippen molar-refractivity contribution in [3.05, 3.63) is 35.9 Å². The lowest BCUT2D eigenvalue weighted by Gasteiger charge is -2.48. The fraction of sp³-hybridized carbons (Fsp3) is 0.680. The molecule has 2 aliphatic rings. The summed E-state index contributed by atoms with van der Waals surface area (Å²) in [5.74, 6) is 0.605. The average molecular weight is 446 g/mol. The number of carbonyl (C=O) groups is 2. The second kappa shape index (κ2) is 11.5. The maximum absolute atomic E-state index is 12.8. The number of ether oxygens (including phenoxy) is 2. The molecule has 1 aliphatic carbocycles. The Morgan fingerprint density at radius 3 is 2.56 bits per heavy atom. The summed E-state index contributed by atoms with van der Waals surface area (Å²) in [5, 5.41) is 2.95. The zero-order valence-corrected chi connectivity index (χ0v) is 19.6. The number of likely N-dealkylation sites (tertiary alicyclic amines) is 1. The van der Waals surface area contributed by atoms with Crippen LogP contribution in [0.1, 0.15) is 70.3 Å². The van der Waals surface area contributed by atoms with Crippen LogP contribution in [0.5, 0.6) is 0 Å². The molecule has 32 heavy (non-hydrogen) atoms. The van der Waals surface area contributed by atoms with E-state index < -0.39 is 6.09 Å². The van der Waals surface area contributed by atoms with E-state index in [0.717, 1.165) is 38.5 Å². The van der Waals surface area contributed by atoms with Gasteiger partial charge in [-0.3, -0.25) is 0 Å². The van der Waals surface area contributed by atoms with E-state index in [-0.39, 0.29) is 30.2 Å². The molecule has 3 N–H and O–H groups in total. The number of urea groups is 1. The first-order valence-corrected chi connectivity index (χ1v) is 12.1. The lowest BCUT2D eigenvalue weighted by atomic mass is 9.72. The van der Waals surface area contributed by atoms with Crippen molar-refractivity contribution < 1.29 is 19.1 Å². The van der Waals surface area contributed by atoms with Crippen LogP contribution in [-0.2, 0) is 9.47 Å². The number of hydrogen-bond donors (Lipinski definition) is 2. The van der Waals surface area contributed by atoms with Gasteiger partial charge in [-0.1, -0.05) is 37.3 Å². The molecule has 2 atom stereocenters. The number of nitrogens with one attached hydrogen (secondary N) is 1. The first-order chi connectivity index (χ1) is 15.4.